The van der Waals surface area contributed by atoms with E-state index in [1.807, 2.05) is 17.9 Å². The predicted octanol–water partition coefficient (Wildman–Crippen LogP) is 0.908. The van der Waals surface area contributed by atoms with Crippen LogP contribution in [0.25, 0.3) is 0 Å². The summed E-state index contributed by atoms with van der Waals surface area (Å²) in [5, 5.41) is 13.2. The summed E-state index contributed by atoms with van der Waals surface area (Å²) < 4.78 is 2.00. The lowest BCUT2D eigenvalue weighted by Crippen LogP contribution is -2.52. The van der Waals surface area contributed by atoms with E-state index in [1.165, 1.54) is 24.1 Å². The lowest BCUT2D eigenvalue weighted by atomic mass is 9.79. The van der Waals surface area contributed by atoms with Gasteiger partial charge in [-0.3, -0.25) is 14.8 Å². The normalized spacial score (nSPS) is 30.6. The molecule has 2 aliphatic carbocycles. The molecular formula is C16H23N5O2. The Bertz CT molecular complexity index is 641. The zero-order valence-electron chi connectivity index (χ0n) is 13.4. The van der Waals surface area contributed by atoms with Crippen LogP contribution in [-0.4, -0.2) is 33.3 Å². The van der Waals surface area contributed by atoms with E-state index in [1.54, 1.807) is 0 Å². The van der Waals surface area contributed by atoms with Crippen LogP contribution in [0.15, 0.2) is 6.20 Å². The maximum Gasteiger partial charge on any atom is 0.322 e. The number of imide groups is 1. The molecule has 1 aliphatic heterocycles. The van der Waals surface area contributed by atoms with Gasteiger partial charge in [0.15, 0.2) is 0 Å². The van der Waals surface area contributed by atoms with Crippen molar-refractivity contribution in [1.29, 1.82) is 0 Å². The number of aromatic nitrogens is 2. The van der Waals surface area contributed by atoms with Crippen LogP contribution >= 0.6 is 0 Å². The average Bonchev–Trinajstić information content (AvgIpc) is 3.23. The first kappa shape index (κ1) is 14.7. The first-order chi connectivity index (χ1) is 11.1. The number of amides is 3. The van der Waals surface area contributed by atoms with Crippen molar-refractivity contribution in [2.45, 2.75) is 62.6 Å². The topological polar surface area (TPSA) is 88.1 Å². The van der Waals surface area contributed by atoms with Crippen molar-refractivity contribution in [1.82, 2.24) is 25.7 Å². The number of carbonyl (C=O) groups excluding carboxylic acids is 2. The molecule has 1 aromatic heterocycles. The van der Waals surface area contributed by atoms with Crippen LogP contribution in [-0.2, 0) is 18.4 Å². The van der Waals surface area contributed by atoms with E-state index in [9.17, 15) is 9.59 Å². The van der Waals surface area contributed by atoms with Crippen LogP contribution in [0.1, 0.15) is 55.7 Å². The first-order valence-electron chi connectivity index (χ1n) is 8.45. The van der Waals surface area contributed by atoms with Crippen molar-refractivity contribution in [2.24, 2.45) is 7.05 Å². The molecular weight excluding hydrogens is 294 g/mol. The van der Waals surface area contributed by atoms with Crippen molar-refractivity contribution in [3.63, 3.8) is 0 Å². The van der Waals surface area contributed by atoms with Gasteiger partial charge in [0.25, 0.3) is 5.91 Å². The number of hydrogen-bond acceptors (Lipinski definition) is 4. The molecule has 3 N–H and O–H groups in total. The van der Waals surface area contributed by atoms with Crippen molar-refractivity contribution in [3.05, 3.63) is 17.5 Å². The molecule has 0 unspecified atom stereocenters. The molecule has 23 heavy (non-hydrogen) atoms. The highest BCUT2D eigenvalue weighted by Crippen LogP contribution is 2.41. The van der Waals surface area contributed by atoms with Crippen LogP contribution in [0.3, 0.4) is 0 Å². The van der Waals surface area contributed by atoms with Crippen LogP contribution in [0, 0.1) is 0 Å². The van der Waals surface area contributed by atoms with E-state index in [-0.39, 0.29) is 11.9 Å². The largest absolute Gasteiger partial charge is 0.323 e. The van der Waals surface area contributed by atoms with Crippen LogP contribution in [0.2, 0.25) is 0 Å². The fourth-order valence-electron chi connectivity index (χ4n) is 3.96. The van der Waals surface area contributed by atoms with Gasteiger partial charge in [0.05, 0.1) is 6.20 Å². The molecule has 1 spiro atoms. The SMILES string of the molecule is Cn1ncc(CNC2CCC3(CC2)NC(=O)NC3=O)c1C1CC1. The molecule has 7 heteroatoms. The zero-order valence-corrected chi connectivity index (χ0v) is 13.4. The van der Waals surface area contributed by atoms with Gasteiger partial charge >= 0.3 is 6.03 Å². The van der Waals surface area contributed by atoms with Gasteiger partial charge in [-0.05, 0) is 38.5 Å². The van der Waals surface area contributed by atoms with Gasteiger partial charge in [-0.1, -0.05) is 0 Å². The number of rotatable bonds is 4. The second-order valence-electron chi connectivity index (χ2n) is 7.10. The molecule has 0 bridgehead atoms. The Labute approximate surface area is 135 Å². The van der Waals surface area contributed by atoms with Gasteiger partial charge < -0.3 is 10.6 Å². The minimum absolute atomic E-state index is 0.163. The fraction of sp³-hybridized carbons (Fsp3) is 0.688. The van der Waals surface area contributed by atoms with E-state index in [2.05, 4.69) is 21.0 Å². The summed E-state index contributed by atoms with van der Waals surface area (Å²) in [6, 6.07) is 0.0315. The van der Waals surface area contributed by atoms with E-state index in [0.29, 0.717) is 24.8 Å². The third-order valence-corrected chi connectivity index (χ3v) is 5.46. The molecule has 0 radical (unpaired) electrons. The molecule has 1 saturated heterocycles. The predicted molar refractivity (Wildman–Crippen MR) is 83.7 cm³/mol. The monoisotopic (exact) mass is 317 g/mol. The number of urea groups is 1. The Kier molecular flexibility index (Phi) is 3.41. The quantitative estimate of drug-likeness (QED) is 0.720. The number of nitrogens with zero attached hydrogens (tertiary/aromatic N) is 2. The lowest BCUT2D eigenvalue weighted by Gasteiger charge is -2.35. The second kappa shape index (κ2) is 5.33. The van der Waals surface area contributed by atoms with E-state index in [4.69, 9.17) is 0 Å². The number of hydrogen-bond donors (Lipinski definition) is 3. The Morgan fingerprint density at radius 2 is 2.04 bits per heavy atom. The van der Waals surface area contributed by atoms with Gasteiger partial charge in [-0.2, -0.15) is 5.10 Å². The summed E-state index contributed by atoms with van der Waals surface area (Å²) in [5.74, 6) is 0.524. The Hall–Kier alpha value is -1.89. The average molecular weight is 317 g/mol. The molecule has 0 atom stereocenters. The maximum absolute atomic E-state index is 12.0. The molecule has 3 aliphatic rings. The summed E-state index contributed by atoms with van der Waals surface area (Å²) in [7, 11) is 2.02. The molecule has 2 saturated carbocycles. The summed E-state index contributed by atoms with van der Waals surface area (Å²) in [6.45, 7) is 0.829. The minimum atomic E-state index is -0.664. The van der Waals surface area contributed by atoms with E-state index >= 15 is 0 Å². The van der Waals surface area contributed by atoms with Crippen LogP contribution in [0.4, 0.5) is 4.79 Å². The standard InChI is InChI=1S/C16H23N5O2/c1-21-13(10-2-3-10)11(9-18-21)8-17-12-4-6-16(7-5-12)14(22)19-15(23)20-16/h9-10,12,17H,2-8H2,1H3,(H2,19,20,22,23). The highest BCUT2D eigenvalue weighted by atomic mass is 16.2. The molecule has 2 heterocycles. The molecule has 124 valence electrons. The van der Waals surface area contributed by atoms with Crippen molar-refractivity contribution in [2.75, 3.05) is 0 Å². The summed E-state index contributed by atoms with van der Waals surface area (Å²) in [4.78, 5) is 23.3. The number of nitrogens with one attached hydrogen (secondary N) is 3. The first-order valence-corrected chi connectivity index (χ1v) is 8.45. The second-order valence-corrected chi connectivity index (χ2v) is 7.10. The minimum Gasteiger partial charge on any atom is -0.323 e. The third-order valence-electron chi connectivity index (χ3n) is 5.46. The molecule has 7 nitrogen and oxygen atoms in total. The van der Waals surface area contributed by atoms with E-state index < -0.39 is 5.54 Å². The smallest absolute Gasteiger partial charge is 0.322 e. The Balaban J connectivity index is 1.34. The van der Waals surface area contributed by atoms with Gasteiger partial charge in [-0.15, -0.1) is 0 Å². The summed E-state index contributed by atoms with van der Waals surface area (Å²) >= 11 is 0. The Morgan fingerprint density at radius 3 is 2.65 bits per heavy atom. The van der Waals surface area contributed by atoms with E-state index in [0.717, 1.165) is 19.4 Å². The van der Waals surface area contributed by atoms with Crippen LogP contribution < -0.4 is 16.0 Å². The lowest BCUT2D eigenvalue weighted by molar-refractivity contribution is -0.125. The van der Waals surface area contributed by atoms with Crippen molar-refractivity contribution in [3.8, 4) is 0 Å². The van der Waals surface area contributed by atoms with Gasteiger partial charge in [-0.25, -0.2) is 4.79 Å². The van der Waals surface area contributed by atoms with Gasteiger partial charge in [0, 0.05) is 36.8 Å². The number of aryl methyl sites for hydroxylation is 1. The zero-order chi connectivity index (χ0) is 16.0. The number of carbonyl (C=O) groups is 2. The summed E-state index contributed by atoms with van der Waals surface area (Å²) in [6.07, 6.45) is 7.70. The fourth-order valence-corrected chi connectivity index (χ4v) is 3.96. The Morgan fingerprint density at radius 1 is 1.30 bits per heavy atom. The van der Waals surface area contributed by atoms with Gasteiger partial charge in [0.1, 0.15) is 5.54 Å². The molecule has 3 amide bonds. The molecule has 1 aromatic rings. The third kappa shape index (κ3) is 2.63. The maximum atomic E-state index is 12.0. The summed E-state index contributed by atoms with van der Waals surface area (Å²) in [5.41, 5.74) is 2.00. The molecule has 0 aromatic carbocycles. The van der Waals surface area contributed by atoms with Crippen molar-refractivity contribution < 1.29 is 9.59 Å². The van der Waals surface area contributed by atoms with Gasteiger partial charge in [0.2, 0.25) is 0 Å². The molecule has 4 rings (SSSR count). The molecule has 3 fully saturated rings. The highest BCUT2D eigenvalue weighted by molar-refractivity contribution is 6.07. The van der Waals surface area contributed by atoms with Crippen molar-refractivity contribution >= 4 is 11.9 Å². The highest BCUT2D eigenvalue weighted by Gasteiger charge is 2.47. The van der Waals surface area contributed by atoms with Crippen LogP contribution in [0.5, 0.6) is 0 Å².